The molecule has 4 rings (SSSR count). The minimum Gasteiger partial charge on any atom is -0.367 e. The second-order valence-electron chi connectivity index (χ2n) is 8.36. The van der Waals surface area contributed by atoms with Crippen molar-refractivity contribution in [1.29, 1.82) is 0 Å². The monoisotopic (exact) mass is 464 g/mol. The van der Waals surface area contributed by atoms with Gasteiger partial charge in [0, 0.05) is 37.4 Å². The van der Waals surface area contributed by atoms with E-state index in [1.807, 2.05) is 30.7 Å². The molecule has 34 heavy (non-hydrogen) atoms. The van der Waals surface area contributed by atoms with Crippen LogP contribution in [0.15, 0.2) is 83.0 Å². The lowest BCUT2D eigenvalue weighted by atomic mass is 9.97. The van der Waals surface area contributed by atoms with Crippen molar-refractivity contribution < 1.29 is 10.2 Å². The van der Waals surface area contributed by atoms with E-state index in [-0.39, 0.29) is 19.1 Å². The zero-order valence-corrected chi connectivity index (χ0v) is 20.2. The van der Waals surface area contributed by atoms with Gasteiger partial charge >= 0.3 is 0 Å². The number of nitrogens with zero attached hydrogens (tertiary/aromatic N) is 2. The normalized spacial score (nSPS) is 16.8. The second kappa shape index (κ2) is 11.6. The molecule has 1 aromatic carbocycles. The van der Waals surface area contributed by atoms with E-state index in [1.54, 1.807) is 24.3 Å². The topological polar surface area (TPSA) is 55.3 Å². The molecule has 1 atom stereocenters. The fourth-order valence-electron chi connectivity index (χ4n) is 3.67. The number of fused-ring (bicyclic) bond motifs is 1. The molecule has 1 aromatic heterocycles. The number of nitrogens with two attached hydrogens (primary N) is 1. The summed E-state index contributed by atoms with van der Waals surface area (Å²) in [6.45, 7) is 9.12. The first-order valence-electron chi connectivity index (χ1n) is 11.6. The summed E-state index contributed by atoms with van der Waals surface area (Å²) in [6.07, 6.45) is 11.1. The molecule has 4 nitrogen and oxygen atoms in total. The largest absolute Gasteiger partial charge is 0.367 e. The van der Waals surface area contributed by atoms with Crippen molar-refractivity contribution >= 4 is 17.2 Å². The molecule has 0 fully saturated rings. The summed E-state index contributed by atoms with van der Waals surface area (Å²) in [4.78, 5) is 4.78. The molecule has 6 heteroatoms. The van der Waals surface area contributed by atoms with Crippen LogP contribution in [0.2, 0.25) is 0 Å². The van der Waals surface area contributed by atoms with Gasteiger partial charge < -0.3 is 15.6 Å². The Hall–Kier alpha value is -3.47. The average molecular weight is 465 g/mol. The number of anilines is 1. The summed E-state index contributed by atoms with van der Waals surface area (Å²) in [5.41, 5.74) is 13.1. The fourth-order valence-corrected chi connectivity index (χ4v) is 3.67. The molecule has 0 bridgehead atoms. The number of nitrogens with one attached hydrogen (secondary N) is 1. The van der Waals surface area contributed by atoms with Gasteiger partial charge in [0.25, 0.3) is 0 Å². The van der Waals surface area contributed by atoms with E-state index in [0.29, 0.717) is 35.7 Å². The molecule has 0 unspecified atom stereocenters. The molecule has 0 radical (unpaired) electrons. The molecule has 1 aliphatic carbocycles. The van der Waals surface area contributed by atoms with E-state index < -0.39 is 0 Å². The van der Waals surface area contributed by atoms with E-state index in [4.69, 9.17) is 10.7 Å². The SMILES string of the molecule is CC1=CCNc2c(c(-c3ccccc3F)cn2C2=CC(F)=CC=C=C2)C1=NC[C@@H](C)N.CCC.[HH]. The minimum absolute atomic E-state index is 0. The Morgan fingerprint density at radius 2 is 1.97 bits per heavy atom. The maximum atomic E-state index is 14.9. The summed E-state index contributed by atoms with van der Waals surface area (Å²) in [7, 11) is 0. The number of halogens is 2. The van der Waals surface area contributed by atoms with E-state index in [1.165, 1.54) is 30.7 Å². The number of allylic oxidation sites excluding steroid dienone is 6. The van der Waals surface area contributed by atoms with Crippen molar-refractivity contribution in [1.82, 2.24) is 4.57 Å². The maximum absolute atomic E-state index is 14.9. The molecular weight excluding hydrogens is 430 g/mol. The van der Waals surface area contributed by atoms with Crippen molar-refractivity contribution in [2.45, 2.75) is 40.2 Å². The Balaban J connectivity index is 0.00000103. The number of hydrogen-bond acceptors (Lipinski definition) is 3. The third-order valence-electron chi connectivity index (χ3n) is 5.13. The van der Waals surface area contributed by atoms with Crippen LogP contribution in [0.3, 0.4) is 0 Å². The second-order valence-corrected chi connectivity index (χ2v) is 8.36. The van der Waals surface area contributed by atoms with Gasteiger partial charge in [-0.1, -0.05) is 44.5 Å². The lowest BCUT2D eigenvalue weighted by Gasteiger charge is -2.13. The Labute approximate surface area is 202 Å². The highest BCUT2D eigenvalue weighted by Crippen LogP contribution is 2.38. The first-order valence-corrected chi connectivity index (χ1v) is 11.6. The number of aromatic nitrogens is 1. The Morgan fingerprint density at radius 1 is 1.24 bits per heavy atom. The lowest BCUT2D eigenvalue weighted by molar-refractivity contribution is 0.631. The van der Waals surface area contributed by atoms with Crippen LogP contribution in [0, 0.1) is 5.82 Å². The standard InChI is InChI=1S/C25H24F2N4.C3H8.H2/c1-16-11-12-29-25-23(24(16)30-14-17(2)28)21(20-9-5-6-10-22(20)27)15-31(25)19-8-4-3-7-18(26)13-19;1-3-2;/h3,5-11,13,15,17,29H,12,14,28H2,1-2H3;3H2,1-2H3;1H/t17-;;/m1../s1. The molecular formula is C28H34F2N4. The zero-order valence-electron chi connectivity index (χ0n) is 20.2. The van der Waals surface area contributed by atoms with Gasteiger partial charge in [-0.3, -0.25) is 4.99 Å². The van der Waals surface area contributed by atoms with Gasteiger partial charge in [-0.2, -0.15) is 0 Å². The first-order chi connectivity index (χ1) is 16.4. The molecule has 0 amide bonds. The molecule has 3 N–H and O–H groups in total. The molecule has 0 saturated carbocycles. The van der Waals surface area contributed by atoms with E-state index in [0.717, 1.165) is 16.8 Å². The molecule has 0 saturated heterocycles. The summed E-state index contributed by atoms with van der Waals surface area (Å²) in [6, 6.07) is 6.51. The fraction of sp³-hybridized carbons (Fsp3) is 0.286. The van der Waals surface area contributed by atoms with Crippen molar-refractivity contribution in [3.63, 3.8) is 0 Å². The third kappa shape index (κ3) is 5.71. The molecule has 180 valence electrons. The van der Waals surface area contributed by atoms with E-state index in [2.05, 4.69) is 24.9 Å². The van der Waals surface area contributed by atoms with E-state index >= 15 is 0 Å². The zero-order chi connectivity index (χ0) is 24.7. The number of rotatable bonds is 4. The molecule has 2 heterocycles. The van der Waals surface area contributed by atoms with Gasteiger partial charge in [-0.25, -0.2) is 8.78 Å². The number of hydrogen-bond donors (Lipinski definition) is 2. The number of benzene rings is 1. The summed E-state index contributed by atoms with van der Waals surface area (Å²) in [5, 5.41) is 3.40. The Kier molecular flexibility index (Phi) is 8.58. The van der Waals surface area contributed by atoms with Crippen LogP contribution < -0.4 is 11.1 Å². The summed E-state index contributed by atoms with van der Waals surface area (Å²) >= 11 is 0. The smallest absolute Gasteiger partial charge is 0.131 e. The van der Waals surface area contributed by atoms with Gasteiger partial charge in [0.15, 0.2) is 0 Å². The van der Waals surface area contributed by atoms with Crippen LogP contribution in [0.1, 0.15) is 41.1 Å². The van der Waals surface area contributed by atoms with Crippen LogP contribution in [-0.2, 0) is 0 Å². The summed E-state index contributed by atoms with van der Waals surface area (Å²) in [5.74, 6) is -0.00933. The van der Waals surface area contributed by atoms with Gasteiger partial charge in [0.05, 0.1) is 23.5 Å². The van der Waals surface area contributed by atoms with E-state index in [9.17, 15) is 8.78 Å². The maximum Gasteiger partial charge on any atom is 0.131 e. The van der Waals surface area contributed by atoms with Crippen LogP contribution >= 0.6 is 0 Å². The van der Waals surface area contributed by atoms with Gasteiger partial charge in [0.1, 0.15) is 17.5 Å². The Bertz CT molecular complexity index is 1230. The lowest BCUT2D eigenvalue weighted by Crippen LogP contribution is -2.20. The predicted octanol–water partition coefficient (Wildman–Crippen LogP) is 6.88. The predicted molar refractivity (Wildman–Crippen MR) is 141 cm³/mol. The highest BCUT2D eigenvalue weighted by Gasteiger charge is 2.26. The molecule has 2 aliphatic rings. The molecule has 0 spiro atoms. The average Bonchev–Trinajstić information content (AvgIpc) is 2.91. The van der Waals surface area contributed by atoms with Crippen molar-refractivity contribution in [3.05, 3.63) is 89.4 Å². The van der Waals surface area contributed by atoms with Gasteiger partial charge in [-0.05, 0) is 43.7 Å². The van der Waals surface area contributed by atoms with Gasteiger partial charge in [0.2, 0.25) is 0 Å². The van der Waals surface area contributed by atoms with Gasteiger partial charge in [-0.15, -0.1) is 5.73 Å². The molecule has 1 aliphatic heterocycles. The highest BCUT2D eigenvalue weighted by atomic mass is 19.1. The summed E-state index contributed by atoms with van der Waals surface area (Å²) < 4.78 is 30.9. The van der Waals surface area contributed by atoms with Crippen LogP contribution in [-0.4, -0.2) is 29.4 Å². The van der Waals surface area contributed by atoms with Crippen LogP contribution in [0.4, 0.5) is 14.6 Å². The first kappa shape index (κ1) is 25.2. The molecule has 2 aromatic rings. The Morgan fingerprint density at radius 3 is 2.68 bits per heavy atom. The van der Waals surface area contributed by atoms with Crippen LogP contribution in [0.5, 0.6) is 0 Å². The van der Waals surface area contributed by atoms with Crippen molar-refractivity contribution in [2.75, 3.05) is 18.4 Å². The minimum atomic E-state index is -0.389. The van der Waals surface area contributed by atoms with Crippen molar-refractivity contribution in [3.8, 4) is 11.1 Å². The highest BCUT2D eigenvalue weighted by molar-refractivity contribution is 6.20. The number of aliphatic imine (C=N–C) groups is 1. The third-order valence-corrected chi connectivity index (χ3v) is 5.13. The van der Waals surface area contributed by atoms with Crippen LogP contribution in [0.25, 0.3) is 16.8 Å². The quantitative estimate of drug-likeness (QED) is 0.485. The van der Waals surface area contributed by atoms with Crippen molar-refractivity contribution in [2.24, 2.45) is 10.7 Å².